The van der Waals surface area contributed by atoms with Crippen LogP contribution in [-0.2, 0) is 5.54 Å². The number of aromatic nitrogens is 3. The molecule has 0 saturated carbocycles. The Bertz CT molecular complexity index is 1710. The van der Waals surface area contributed by atoms with Crippen LogP contribution in [-0.4, -0.2) is 43.8 Å². The van der Waals surface area contributed by atoms with E-state index in [1.165, 1.54) is 18.5 Å². The van der Waals surface area contributed by atoms with Gasteiger partial charge in [0.1, 0.15) is 5.75 Å². The Balaban J connectivity index is 1.49. The molecule has 38 heavy (non-hydrogen) atoms. The van der Waals surface area contributed by atoms with Crippen LogP contribution in [0.1, 0.15) is 29.8 Å². The maximum atomic E-state index is 15.7. The third kappa shape index (κ3) is 3.14. The number of hydrogen-bond acceptors (Lipinski definition) is 5. The van der Waals surface area contributed by atoms with Crippen molar-refractivity contribution >= 4 is 17.9 Å². The lowest BCUT2D eigenvalue weighted by atomic mass is 9.79. The first-order valence-corrected chi connectivity index (χ1v) is 11.9. The summed E-state index contributed by atoms with van der Waals surface area (Å²) >= 11 is 0. The van der Waals surface area contributed by atoms with Crippen molar-refractivity contribution < 1.29 is 26.9 Å². The van der Waals surface area contributed by atoms with E-state index in [2.05, 4.69) is 9.97 Å². The van der Waals surface area contributed by atoms with E-state index >= 15 is 4.39 Å². The van der Waals surface area contributed by atoms with E-state index in [1.54, 1.807) is 57.9 Å². The molecule has 3 aliphatic rings. The van der Waals surface area contributed by atoms with E-state index < -0.39 is 29.6 Å². The second-order valence-electron chi connectivity index (χ2n) is 9.45. The van der Waals surface area contributed by atoms with Gasteiger partial charge in [0.25, 0.3) is 5.92 Å². The second-order valence-corrected chi connectivity index (χ2v) is 9.45. The van der Waals surface area contributed by atoms with Crippen molar-refractivity contribution in [3.8, 4) is 22.6 Å². The highest BCUT2D eigenvalue weighted by molar-refractivity contribution is 5.87. The first-order valence-electron chi connectivity index (χ1n) is 11.9. The summed E-state index contributed by atoms with van der Waals surface area (Å²) in [6.45, 7) is 0.0140. The lowest BCUT2D eigenvalue weighted by molar-refractivity contribution is -0.450. The Morgan fingerprint density at radius 1 is 1.03 bits per heavy atom. The fraction of sp³-hybridized carbons (Fsp3) is 0.185. The lowest BCUT2D eigenvalue weighted by Gasteiger charge is -2.34. The van der Waals surface area contributed by atoms with Gasteiger partial charge < -0.3 is 10.5 Å². The van der Waals surface area contributed by atoms with E-state index in [9.17, 15) is 13.2 Å². The molecular weight excluding hydrogens is 500 g/mol. The van der Waals surface area contributed by atoms with Crippen molar-refractivity contribution in [1.29, 1.82) is 0 Å². The molecule has 0 aliphatic carbocycles. The Morgan fingerprint density at radius 3 is 2.68 bits per heavy atom. The number of pyridine rings is 1. The van der Waals surface area contributed by atoms with Crippen LogP contribution in [0.25, 0.3) is 11.1 Å². The Hall–Kier alpha value is -4.54. The van der Waals surface area contributed by atoms with Crippen LogP contribution in [0.4, 0.5) is 23.2 Å². The predicted octanol–water partition coefficient (Wildman–Crippen LogP) is 4.94. The third-order valence-corrected chi connectivity index (χ3v) is 7.22. The van der Waals surface area contributed by atoms with Crippen molar-refractivity contribution in [1.82, 2.24) is 14.5 Å². The number of ether oxygens (including phenoxy) is 1. The van der Waals surface area contributed by atoms with E-state index in [0.29, 0.717) is 34.0 Å². The van der Waals surface area contributed by atoms with Crippen molar-refractivity contribution in [2.24, 2.45) is 10.7 Å². The monoisotopic (exact) mass is 519 g/mol. The molecule has 3 aliphatic heterocycles. The van der Waals surface area contributed by atoms with E-state index in [-0.39, 0.29) is 30.2 Å². The highest BCUT2D eigenvalue weighted by Crippen LogP contribution is 2.56. The molecule has 0 fully saturated rings. The Morgan fingerprint density at radius 2 is 1.89 bits per heavy atom. The maximum Gasteiger partial charge on any atom is 0.263 e. The molecule has 2 aromatic carbocycles. The minimum atomic E-state index is -2.81. The minimum absolute atomic E-state index is 0.0140. The van der Waals surface area contributed by atoms with Gasteiger partial charge in [-0.05, 0) is 29.8 Å². The summed E-state index contributed by atoms with van der Waals surface area (Å²) in [5, 5.41) is 0. The number of aliphatic imine (C=N–C) groups is 1. The van der Waals surface area contributed by atoms with Crippen LogP contribution in [0.2, 0.25) is 0 Å². The van der Waals surface area contributed by atoms with E-state index in [1.807, 2.05) is 0 Å². The zero-order chi connectivity index (χ0) is 26.2. The van der Waals surface area contributed by atoms with Gasteiger partial charge in [-0.3, -0.25) is 4.57 Å². The van der Waals surface area contributed by atoms with Crippen LogP contribution in [0, 0.1) is 11.8 Å². The van der Waals surface area contributed by atoms with Gasteiger partial charge in [0.15, 0.2) is 35.7 Å². The van der Waals surface area contributed by atoms with Gasteiger partial charge in [0.05, 0.1) is 12.8 Å². The van der Waals surface area contributed by atoms with Crippen LogP contribution in [0.15, 0.2) is 66.0 Å². The molecule has 2 N–H and O–H groups in total. The largest absolute Gasteiger partial charge is 0.453 e. The van der Waals surface area contributed by atoms with Gasteiger partial charge in [-0.15, -0.1) is 0 Å². The molecule has 7 rings (SSSR count). The van der Waals surface area contributed by atoms with Gasteiger partial charge in [-0.25, -0.2) is 32.7 Å². The zero-order valence-electron chi connectivity index (χ0n) is 19.7. The average molecular weight is 519 g/mol. The molecule has 0 bridgehead atoms. The summed E-state index contributed by atoms with van der Waals surface area (Å²) in [7, 11) is 0. The normalized spacial score (nSPS) is 20.7. The number of benzene rings is 2. The number of halogens is 4. The van der Waals surface area contributed by atoms with Gasteiger partial charge in [-0.2, -0.15) is 4.39 Å². The van der Waals surface area contributed by atoms with Crippen LogP contribution in [0.5, 0.6) is 11.5 Å². The molecule has 7 nitrogen and oxygen atoms in total. The molecule has 190 valence electrons. The van der Waals surface area contributed by atoms with Gasteiger partial charge >= 0.3 is 0 Å². The molecular formula is C27H19F4N6O+. The summed E-state index contributed by atoms with van der Waals surface area (Å²) in [6.07, 6.45) is 5.11. The standard InChI is InChI=1S/C27H19F4N6O/c28-20-14-16(36-9-5-26(30,31)6-10-36)13-19-22(20)38-21-4-3-15(17-2-1-7-33-23(17)29)12-18(21)27(19)24-34-8-11-37(24)25(32)35-27/h1-4,7-9,11-14H,5-6,10H2,(H2,32,35)/q+1/t27-/m1/s1. The second kappa shape index (κ2) is 7.73. The van der Waals surface area contributed by atoms with Crippen LogP contribution < -0.4 is 10.5 Å². The van der Waals surface area contributed by atoms with Gasteiger partial charge in [-0.1, -0.05) is 6.07 Å². The summed E-state index contributed by atoms with van der Waals surface area (Å²) in [4.78, 5) is 13.0. The molecule has 0 unspecified atom stereocenters. The fourth-order valence-electron chi connectivity index (χ4n) is 5.39. The molecule has 0 radical (unpaired) electrons. The highest BCUT2D eigenvalue weighted by atomic mass is 19.3. The molecule has 2 aromatic heterocycles. The first-order chi connectivity index (χ1) is 18.3. The average Bonchev–Trinajstić information content (AvgIpc) is 3.49. The highest BCUT2D eigenvalue weighted by Gasteiger charge is 2.52. The minimum Gasteiger partial charge on any atom is -0.453 e. The number of nitrogens with two attached hydrogens (primary N) is 1. The predicted molar refractivity (Wildman–Crippen MR) is 130 cm³/mol. The van der Waals surface area contributed by atoms with Crippen molar-refractivity contribution in [2.45, 2.75) is 24.3 Å². The van der Waals surface area contributed by atoms with E-state index in [0.717, 1.165) is 0 Å². The summed E-state index contributed by atoms with van der Waals surface area (Å²) in [5.74, 6) is -3.39. The molecule has 0 amide bonds. The smallest absolute Gasteiger partial charge is 0.263 e. The number of alkyl halides is 2. The molecule has 1 atom stereocenters. The first kappa shape index (κ1) is 22.6. The summed E-state index contributed by atoms with van der Waals surface area (Å²) < 4.78 is 67.1. The van der Waals surface area contributed by atoms with Crippen LogP contribution >= 0.6 is 0 Å². The molecule has 4 aromatic rings. The van der Waals surface area contributed by atoms with Gasteiger partial charge in [0.2, 0.25) is 17.6 Å². The summed E-state index contributed by atoms with van der Waals surface area (Å²) in [6, 6.07) is 11.1. The lowest BCUT2D eigenvalue weighted by Crippen LogP contribution is -2.32. The molecule has 5 heterocycles. The summed E-state index contributed by atoms with van der Waals surface area (Å²) in [5.41, 5.74) is 6.79. The molecule has 11 heteroatoms. The maximum absolute atomic E-state index is 15.7. The SMILES string of the molecule is NC1=N[C@@]2(c3cc(-c4cccnc4F)ccc3Oc3c(F)cc([N+]4=CCC(F)(F)CC4)cc32)c2nccn21. The van der Waals surface area contributed by atoms with Crippen molar-refractivity contribution in [2.75, 3.05) is 6.54 Å². The Labute approximate surface area is 213 Å². The Kier molecular flexibility index (Phi) is 4.61. The molecule has 1 spiro atoms. The number of hydrogen-bond donors (Lipinski definition) is 1. The number of imidazole rings is 1. The van der Waals surface area contributed by atoms with Crippen LogP contribution in [0.3, 0.4) is 0 Å². The third-order valence-electron chi connectivity index (χ3n) is 7.22. The number of fused-ring (bicyclic) bond motifs is 6. The van der Waals surface area contributed by atoms with Gasteiger partial charge in [0, 0.05) is 47.4 Å². The van der Waals surface area contributed by atoms with E-state index in [4.69, 9.17) is 15.5 Å². The quantitative estimate of drug-likeness (QED) is 0.231. The topological polar surface area (TPSA) is 81.3 Å². The number of rotatable bonds is 2. The molecule has 0 saturated heterocycles. The zero-order valence-corrected chi connectivity index (χ0v) is 19.7. The van der Waals surface area contributed by atoms with Crippen molar-refractivity contribution in [3.05, 3.63) is 89.8 Å². The fourth-order valence-corrected chi connectivity index (χ4v) is 5.39. The number of nitrogens with zero attached hydrogens (tertiary/aromatic N) is 5. The van der Waals surface area contributed by atoms with Crippen molar-refractivity contribution in [3.63, 3.8) is 0 Å².